The first-order valence-corrected chi connectivity index (χ1v) is 9.36. The lowest BCUT2D eigenvalue weighted by atomic mass is 9.79. The molecule has 0 spiro atoms. The summed E-state index contributed by atoms with van der Waals surface area (Å²) in [5, 5.41) is 13.9. The molecule has 3 unspecified atom stereocenters. The molecule has 3 heterocycles. The lowest BCUT2D eigenvalue weighted by Crippen LogP contribution is -2.65. The molecular formula is C19H30N4O4. The number of nitrogens with one attached hydrogen (secondary N) is 1. The number of alkyl carbamates (subject to hydrolysis) is 1. The van der Waals surface area contributed by atoms with Crippen LogP contribution >= 0.6 is 0 Å². The summed E-state index contributed by atoms with van der Waals surface area (Å²) in [6.07, 6.45) is 1.81. The van der Waals surface area contributed by atoms with E-state index in [0.717, 1.165) is 17.7 Å². The molecule has 8 heteroatoms. The zero-order valence-electron chi connectivity index (χ0n) is 16.7. The van der Waals surface area contributed by atoms with Crippen molar-refractivity contribution >= 4 is 17.5 Å². The van der Waals surface area contributed by atoms with E-state index < -0.39 is 23.3 Å². The van der Waals surface area contributed by atoms with E-state index in [-0.39, 0.29) is 5.92 Å². The quantitative estimate of drug-likeness (QED) is 0.718. The number of hydrogen-bond acceptors (Lipinski definition) is 7. The minimum Gasteiger partial charge on any atom is -0.477 e. The molecule has 0 radical (unpaired) electrons. The molecule has 1 aromatic rings. The molecule has 3 rings (SSSR count). The average molecular weight is 378 g/mol. The first kappa shape index (κ1) is 19.5. The van der Waals surface area contributed by atoms with Crippen LogP contribution in [0, 0.1) is 5.92 Å². The number of piperidine rings is 1. The van der Waals surface area contributed by atoms with Gasteiger partial charge in [-0.25, -0.2) is 9.78 Å². The highest BCUT2D eigenvalue weighted by molar-refractivity contribution is 5.74. The summed E-state index contributed by atoms with van der Waals surface area (Å²) < 4.78 is 10.9. The molecule has 150 valence electrons. The fourth-order valence-electron chi connectivity index (χ4n) is 3.68. The van der Waals surface area contributed by atoms with Gasteiger partial charge in [0.25, 0.3) is 0 Å². The molecule has 2 aliphatic rings. The predicted octanol–water partition coefficient (Wildman–Crippen LogP) is 1.70. The fourth-order valence-corrected chi connectivity index (χ4v) is 3.68. The van der Waals surface area contributed by atoms with Crippen LogP contribution in [0.1, 0.15) is 40.2 Å². The number of nitrogens with two attached hydrogens (primary N) is 1. The Hall–Kier alpha value is -2.22. The molecule has 0 aromatic carbocycles. The van der Waals surface area contributed by atoms with Crippen molar-refractivity contribution in [2.75, 3.05) is 30.3 Å². The second kappa shape index (κ2) is 6.74. The van der Waals surface area contributed by atoms with E-state index in [1.807, 2.05) is 27.7 Å². The minimum atomic E-state index is -1.07. The summed E-state index contributed by atoms with van der Waals surface area (Å²) >= 11 is 0. The van der Waals surface area contributed by atoms with Crippen molar-refractivity contribution in [2.24, 2.45) is 5.92 Å². The third kappa shape index (κ3) is 3.90. The number of hydrogen-bond donors (Lipinski definition) is 3. The van der Waals surface area contributed by atoms with Crippen molar-refractivity contribution in [3.05, 3.63) is 11.8 Å². The normalized spacial score (nSPS) is 27.7. The lowest BCUT2D eigenvalue weighted by molar-refractivity contribution is -0.0405. The van der Waals surface area contributed by atoms with E-state index in [4.69, 9.17) is 15.2 Å². The zero-order chi connectivity index (χ0) is 20.0. The fraction of sp³-hybridized carbons (Fsp3) is 0.684. The Labute approximate surface area is 160 Å². The van der Waals surface area contributed by atoms with E-state index in [2.05, 4.69) is 15.2 Å². The van der Waals surface area contributed by atoms with Crippen molar-refractivity contribution in [1.82, 2.24) is 10.3 Å². The van der Waals surface area contributed by atoms with Gasteiger partial charge in [-0.15, -0.1) is 0 Å². The number of anilines is 2. The van der Waals surface area contributed by atoms with E-state index >= 15 is 0 Å². The van der Waals surface area contributed by atoms with E-state index in [9.17, 15) is 9.90 Å². The van der Waals surface area contributed by atoms with Gasteiger partial charge >= 0.3 is 6.09 Å². The second-order valence-corrected chi connectivity index (χ2v) is 8.67. The van der Waals surface area contributed by atoms with Crippen molar-refractivity contribution in [3.63, 3.8) is 0 Å². The van der Waals surface area contributed by atoms with Crippen LogP contribution in [0.3, 0.4) is 0 Å². The van der Waals surface area contributed by atoms with E-state index in [1.165, 1.54) is 0 Å². The van der Waals surface area contributed by atoms with Crippen molar-refractivity contribution in [3.8, 4) is 5.88 Å². The maximum Gasteiger partial charge on any atom is 0.408 e. The van der Waals surface area contributed by atoms with Gasteiger partial charge in [-0.05, 0) is 27.7 Å². The Bertz CT molecular complexity index is 729. The van der Waals surface area contributed by atoms with Crippen molar-refractivity contribution in [2.45, 2.75) is 58.3 Å². The number of ether oxygens (including phenoxy) is 2. The Morgan fingerprint density at radius 3 is 2.85 bits per heavy atom. The number of nitrogens with zero attached hydrogens (tertiary/aromatic N) is 2. The minimum absolute atomic E-state index is 0.100. The number of fused-ring (bicyclic) bond motifs is 1. The number of carbonyl (C=O) groups is 1. The van der Waals surface area contributed by atoms with E-state index in [1.54, 1.807) is 13.1 Å². The maximum absolute atomic E-state index is 12.3. The van der Waals surface area contributed by atoms with Gasteiger partial charge in [0.2, 0.25) is 5.88 Å². The highest BCUT2D eigenvalue weighted by atomic mass is 16.6. The molecule has 1 saturated heterocycles. The Kier molecular flexibility index (Phi) is 4.88. The van der Waals surface area contributed by atoms with Crippen LogP contribution in [0.5, 0.6) is 5.88 Å². The van der Waals surface area contributed by atoms with Crippen LogP contribution in [-0.2, 0) is 11.2 Å². The molecule has 1 fully saturated rings. The van der Waals surface area contributed by atoms with Crippen LogP contribution in [0.4, 0.5) is 16.2 Å². The number of aliphatic hydroxyl groups is 1. The molecule has 0 aliphatic carbocycles. The monoisotopic (exact) mass is 378 g/mol. The molecule has 1 amide bonds. The summed E-state index contributed by atoms with van der Waals surface area (Å²) in [5.74, 6) is 0.512. The number of carbonyl (C=O) groups excluding carboxylic acids is 1. The largest absolute Gasteiger partial charge is 0.477 e. The Balaban J connectivity index is 1.86. The summed E-state index contributed by atoms with van der Waals surface area (Å²) in [4.78, 5) is 18.7. The van der Waals surface area contributed by atoms with E-state index in [0.29, 0.717) is 31.3 Å². The van der Waals surface area contributed by atoms with Crippen molar-refractivity contribution < 1.29 is 19.4 Å². The van der Waals surface area contributed by atoms with Gasteiger partial charge in [-0.2, -0.15) is 0 Å². The number of aromatic nitrogens is 1. The molecule has 3 atom stereocenters. The average Bonchev–Trinajstić information content (AvgIpc) is 2.98. The highest BCUT2D eigenvalue weighted by Gasteiger charge is 2.45. The Morgan fingerprint density at radius 1 is 1.48 bits per heavy atom. The van der Waals surface area contributed by atoms with Gasteiger partial charge in [0.1, 0.15) is 5.60 Å². The molecule has 1 aromatic heterocycles. The van der Waals surface area contributed by atoms with Crippen LogP contribution in [0.2, 0.25) is 0 Å². The van der Waals surface area contributed by atoms with Crippen LogP contribution in [0.15, 0.2) is 6.20 Å². The topological polar surface area (TPSA) is 110 Å². The van der Waals surface area contributed by atoms with Gasteiger partial charge in [0, 0.05) is 31.0 Å². The second-order valence-electron chi connectivity index (χ2n) is 8.67. The molecular weight excluding hydrogens is 348 g/mol. The van der Waals surface area contributed by atoms with Crippen LogP contribution in [0.25, 0.3) is 0 Å². The third-order valence-corrected chi connectivity index (χ3v) is 5.34. The van der Waals surface area contributed by atoms with Gasteiger partial charge in [-0.1, -0.05) is 6.92 Å². The number of nitrogen functional groups attached to an aromatic ring is 1. The first-order chi connectivity index (χ1) is 12.5. The van der Waals surface area contributed by atoms with Gasteiger partial charge in [0.05, 0.1) is 35.8 Å². The maximum atomic E-state index is 12.3. The van der Waals surface area contributed by atoms with Crippen molar-refractivity contribution in [1.29, 1.82) is 0 Å². The smallest absolute Gasteiger partial charge is 0.408 e. The highest BCUT2D eigenvalue weighted by Crippen LogP contribution is 2.40. The van der Waals surface area contributed by atoms with Gasteiger partial charge < -0.3 is 30.5 Å². The molecule has 27 heavy (non-hydrogen) atoms. The summed E-state index contributed by atoms with van der Waals surface area (Å²) in [6, 6.07) is -0.512. The molecule has 8 nitrogen and oxygen atoms in total. The number of amides is 1. The Morgan fingerprint density at radius 2 is 2.19 bits per heavy atom. The summed E-state index contributed by atoms with van der Waals surface area (Å²) in [6.45, 7) is 10.7. The molecule has 0 saturated carbocycles. The summed E-state index contributed by atoms with van der Waals surface area (Å²) in [5.41, 5.74) is 7.00. The number of rotatable bonds is 2. The molecule has 4 N–H and O–H groups in total. The zero-order valence-corrected chi connectivity index (χ0v) is 16.7. The lowest BCUT2D eigenvalue weighted by Gasteiger charge is -2.48. The van der Waals surface area contributed by atoms with Gasteiger partial charge in [0.15, 0.2) is 0 Å². The van der Waals surface area contributed by atoms with Crippen LogP contribution in [-0.4, -0.2) is 53.1 Å². The standard InChI is InChI=1S/C19H30N4O4/c1-11-9-23(15-12-6-7-26-16(12)21-8-13(15)20)10-14(19(11,5)25)22-17(24)27-18(2,3)4/h8,11,14,25H,6-7,9-10,20H2,1-5H3,(H,22,24). The van der Waals surface area contributed by atoms with Gasteiger partial charge in [-0.3, -0.25) is 0 Å². The SMILES string of the molecule is CC1CN(c2c(N)cnc3c2CCO3)CC(NC(=O)OC(C)(C)C)C1(C)O. The number of pyridine rings is 1. The first-order valence-electron chi connectivity index (χ1n) is 9.36. The van der Waals surface area contributed by atoms with Crippen LogP contribution < -0.4 is 20.7 Å². The summed E-state index contributed by atoms with van der Waals surface area (Å²) in [7, 11) is 0. The predicted molar refractivity (Wildman–Crippen MR) is 103 cm³/mol. The molecule has 2 aliphatic heterocycles. The third-order valence-electron chi connectivity index (χ3n) is 5.34. The molecule has 0 bridgehead atoms.